The maximum absolute atomic E-state index is 6.39. The zero-order chi connectivity index (χ0) is 13.3. The second kappa shape index (κ2) is 5.48. The summed E-state index contributed by atoms with van der Waals surface area (Å²) in [6.45, 7) is 0. The molecule has 0 saturated heterocycles. The van der Waals surface area contributed by atoms with Gasteiger partial charge in [-0.15, -0.1) is 0 Å². The van der Waals surface area contributed by atoms with Gasteiger partial charge in [0.1, 0.15) is 0 Å². The fourth-order valence-electron chi connectivity index (χ4n) is 1.56. The molecule has 0 spiro atoms. The number of alkyl halides is 2. The van der Waals surface area contributed by atoms with E-state index in [1.807, 2.05) is 0 Å². The van der Waals surface area contributed by atoms with Gasteiger partial charge in [0.15, 0.2) is 4.33 Å². The first-order valence-electron chi connectivity index (χ1n) is 5.00. The van der Waals surface area contributed by atoms with Crippen LogP contribution in [0.15, 0.2) is 42.5 Å². The molecular weight excluding hydrogens is 333 g/mol. The lowest BCUT2D eigenvalue weighted by Gasteiger charge is -2.22. The van der Waals surface area contributed by atoms with Crippen molar-refractivity contribution in [2.45, 2.75) is 4.33 Å². The van der Waals surface area contributed by atoms with Crippen LogP contribution < -0.4 is 0 Å². The molecule has 0 aliphatic heterocycles. The molecule has 94 valence electrons. The van der Waals surface area contributed by atoms with Gasteiger partial charge < -0.3 is 0 Å². The van der Waals surface area contributed by atoms with Crippen molar-refractivity contribution in [2.75, 3.05) is 0 Å². The average Bonchev–Trinajstić information content (AvgIpc) is 2.29. The molecule has 0 bridgehead atoms. The number of halogens is 5. The fraction of sp³-hybridized carbons (Fsp3) is 0.0769. The summed E-state index contributed by atoms with van der Waals surface area (Å²) < 4.78 is -1.24. The van der Waals surface area contributed by atoms with Gasteiger partial charge >= 0.3 is 0 Å². The van der Waals surface area contributed by atoms with Gasteiger partial charge in [-0.05, 0) is 29.8 Å². The summed E-state index contributed by atoms with van der Waals surface area (Å²) in [6.07, 6.45) is 0. The van der Waals surface area contributed by atoms with Crippen LogP contribution in [-0.2, 0) is 4.33 Å². The zero-order valence-corrected chi connectivity index (χ0v) is 12.7. The third-order valence-corrected chi connectivity index (χ3v) is 4.12. The summed E-state index contributed by atoms with van der Waals surface area (Å²) >= 11 is 30.6. The molecule has 0 saturated carbocycles. The zero-order valence-electron chi connectivity index (χ0n) is 8.93. The molecule has 0 N–H and O–H groups in total. The van der Waals surface area contributed by atoms with Crippen LogP contribution in [0.5, 0.6) is 0 Å². The first kappa shape index (κ1) is 14.3. The predicted octanol–water partition coefficient (Wildman–Crippen LogP) is 6.33. The number of hydrogen-bond acceptors (Lipinski definition) is 0. The van der Waals surface area contributed by atoms with Crippen molar-refractivity contribution < 1.29 is 0 Å². The van der Waals surface area contributed by atoms with Crippen molar-refractivity contribution in [3.8, 4) is 0 Å². The van der Waals surface area contributed by atoms with E-state index in [-0.39, 0.29) is 0 Å². The maximum atomic E-state index is 6.39. The highest BCUT2D eigenvalue weighted by molar-refractivity contribution is 6.51. The summed E-state index contributed by atoms with van der Waals surface area (Å²) in [6, 6.07) is 12.0. The molecule has 18 heavy (non-hydrogen) atoms. The van der Waals surface area contributed by atoms with Gasteiger partial charge in [-0.1, -0.05) is 76.2 Å². The summed E-state index contributed by atoms with van der Waals surface area (Å²) in [5.74, 6) is 0. The van der Waals surface area contributed by atoms with Crippen molar-refractivity contribution in [3.05, 3.63) is 68.7 Å². The quantitative estimate of drug-likeness (QED) is 0.561. The topological polar surface area (TPSA) is 0 Å². The molecule has 2 aromatic rings. The van der Waals surface area contributed by atoms with Crippen molar-refractivity contribution in [2.24, 2.45) is 0 Å². The van der Waals surface area contributed by atoms with E-state index in [9.17, 15) is 0 Å². The van der Waals surface area contributed by atoms with Gasteiger partial charge in [-0.25, -0.2) is 0 Å². The van der Waals surface area contributed by atoms with Crippen LogP contribution >= 0.6 is 58.0 Å². The third-order valence-electron chi connectivity index (χ3n) is 2.48. The second-order valence-corrected chi connectivity index (χ2v) is 6.31. The molecule has 0 nitrogen and oxygen atoms in total. The number of benzene rings is 2. The standard InChI is InChI=1S/C13H7Cl5/c14-9-3-1-8(2-4-9)13(17,18)11-6-5-10(15)7-12(11)16/h1-7H. The molecule has 2 rings (SSSR count). The molecule has 0 atom stereocenters. The van der Waals surface area contributed by atoms with Crippen LogP contribution in [0, 0.1) is 0 Å². The van der Waals surface area contributed by atoms with Crippen LogP contribution in [0.1, 0.15) is 11.1 Å². The monoisotopic (exact) mass is 338 g/mol. The summed E-state index contributed by atoms with van der Waals surface area (Å²) in [4.78, 5) is 0. The molecule has 0 radical (unpaired) electrons. The molecule has 0 aromatic heterocycles. The van der Waals surface area contributed by atoms with E-state index in [2.05, 4.69) is 0 Å². The Morgan fingerprint density at radius 2 is 1.28 bits per heavy atom. The molecule has 0 amide bonds. The Morgan fingerprint density at radius 3 is 1.83 bits per heavy atom. The van der Waals surface area contributed by atoms with Crippen LogP contribution in [0.2, 0.25) is 15.1 Å². The van der Waals surface area contributed by atoms with E-state index in [1.165, 1.54) is 0 Å². The summed E-state index contributed by atoms with van der Waals surface area (Å²) in [5, 5.41) is 1.57. The van der Waals surface area contributed by atoms with Gasteiger partial charge in [0.2, 0.25) is 0 Å². The maximum Gasteiger partial charge on any atom is 0.169 e. The Hall–Kier alpha value is -0.110. The SMILES string of the molecule is Clc1ccc(C(Cl)(Cl)c2ccc(Cl)cc2Cl)cc1. The minimum atomic E-state index is -1.24. The summed E-state index contributed by atoms with van der Waals surface area (Å²) in [5.41, 5.74) is 1.28. The average molecular weight is 340 g/mol. The number of rotatable bonds is 2. The Labute approximate surface area is 130 Å². The van der Waals surface area contributed by atoms with Gasteiger partial charge in [0.05, 0.1) is 0 Å². The lowest BCUT2D eigenvalue weighted by molar-refractivity contribution is 1.04. The van der Waals surface area contributed by atoms with Gasteiger partial charge in [-0.2, -0.15) is 0 Å². The molecule has 5 heteroatoms. The van der Waals surface area contributed by atoms with Crippen LogP contribution in [0.25, 0.3) is 0 Å². The van der Waals surface area contributed by atoms with E-state index in [1.54, 1.807) is 42.5 Å². The van der Waals surface area contributed by atoms with E-state index in [0.29, 0.717) is 26.2 Å². The van der Waals surface area contributed by atoms with Crippen molar-refractivity contribution in [1.82, 2.24) is 0 Å². The largest absolute Gasteiger partial charge is 0.169 e. The highest BCUT2D eigenvalue weighted by Gasteiger charge is 2.31. The van der Waals surface area contributed by atoms with E-state index in [0.717, 1.165) is 0 Å². The van der Waals surface area contributed by atoms with E-state index in [4.69, 9.17) is 58.0 Å². The highest BCUT2D eigenvalue weighted by atomic mass is 35.5. The minimum absolute atomic E-state index is 0.419. The summed E-state index contributed by atoms with van der Waals surface area (Å²) in [7, 11) is 0. The minimum Gasteiger partial charge on any atom is -0.0909 e. The molecule has 0 aliphatic rings. The van der Waals surface area contributed by atoms with Gasteiger partial charge in [0.25, 0.3) is 0 Å². The highest BCUT2D eigenvalue weighted by Crippen LogP contribution is 2.44. The lowest BCUT2D eigenvalue weighted by atomic mass is 10.0. The third kappa shape index (κ3) is 2.89. The Balaban J connectivity index is 2.50. The number of hydrogen-bond donors (Lipinski definition) is 0. The molecule has 0 unspecified atom stereocenters. The van der Waals surface area contributed by atoms with Crippen molar-refractivity contribution in [3.63, 3.8) is 0 Å². The molecule has 2 aromatic carbocycles. The molecular formula is C13H7Cl5. The normalized spacial score (nSPS) is 11.6. The van der Waals surface area contributed by atoms with E-state index < -0.39 is 4.33 Å². The van der Waals surface area contributed by atoms with E-state index >= 15 is 0 Å². The first-order valence-corrected chi connectivity index (χ1v) is 6.89. The predicted molar refractivity (Wildman–Crippen MR) is 80.4 cm³/mol. The van der Waals surface area contributed by atoms with Gasteiger partial charge in [-0.3, -0.25) is 0 Å². The first-order chi connectivity index (χ1) is 8.41. The smallest absolute Gasteiger partial charge is 0.0909 e. The lowest BCUT2D eigenvalue weighted by Crippen LogP contribution is -2.12. The van der Waals surface area contributed by atoms with Gasteiger partial charge in [0, 0.05) is 20.6 Å². The van der Waals surface area contributed by atoms with Crippen LogP contribution in [0.4, 0.5) is 0 Å². The molecule has 0 heterocycles. The molecule has 0 aliphatic carbocycles. The fourth-order valence-corrected chi connectivity index (χ4v) is 2.91. The Morgan fingerprint density at radius 1 is 0.722 bits per heavy atom. The molecule has 0 fully saturated rings. The van der Waals surface area contributed by atoms with Crippen molar-refractivity contribution >= 4 is 58.0 Å². The van der Waals surface area contributed by atoms with Crippen LogP contribution in [0.3, 0.4) is 0 Å². The second-order valence-electron chi connectivity index (χ2n) is 3.71. The van der Waals surface area contributed by atoms with Crippen LogP contribution in [-0.4, -0.2) is 0 Å². The van der Waals surface area contributed by atoms with Crippen molar-refractivity contribution in [1.29, 1.82) is 0 Å². The Bertz CT molecular complexity index is 560. The Kier molecular flexibility index (Phi) is 4.36.